The fourth-order valence-corrected chi connectivity index (χ4v) is 0.680. The van der Waals surface area contributed by atoms with E-state index in [1.807, 2.05) is 0 Å². The summed E-state index contributed by atoms with van der Waals surface area (Å²) in [5.74, 6) is -2.41. The van der Waals surface area contributed by atoms with Crippen molar-refractivity contribution < 1.29 is 8.78 Å². The first-order valence-corrected chi connectivity index (χ1v) is 2.15. The summed E-state index contributed by atoms with van der Waals surface area (Å²) in [6.45, 7) is 3.38. The Balaban J connectivity index is 2.43. The molecule has 0 aromatic heterocycles. The summed E-state index contributed by atoms with van der Waals surface area (Å²) in [4.78, 5) is 0. The van der Waals surface area contributed by atoms with Crippen molar-refractivity contribution in [3.8, 4) is 0 Å². The zero-order valence-corrected chi connectivity index (χ0v) is 3.88. The topological polar surface area (TPSA) is 0 Å². The molecule has 1 saturated carbocycles. The maximum absolute atomic E-state index is 11.7. The molecule has 1 aliphatic carbocycles. The lowest BCUT2D eigenvalue weighted by Crippen LogP contribution is -2.27. The third kappa shape index (κ3) is 0.787. The molecule has 0 atom stereocenters. The predicted molar refractivity (Wildman–Crippen MR) is 23.3 cm³/mol. The highest BCUT2D eigenvalue weighted by Crippen LogP contribution is 2.40. The molecule has 1 aliphatic rings. The van der Waals surface area contributed by atoms with Gasteiger partial charge in [-0.05, 0) is 0 Å². The Morgan fingerprint density at radius 3 is 1.86 bits per heavy atom. The minimum atomic E-state index is -2.41. The molecule has 0 bridgehead atoms. The maximum Gasteiger partial charge on any atom is 0.255 e. The van der Waals surface area contributed by atoms with Crippen LogP contribution in [-0.2, 0) is 0 Å². The van der Waals surface area contributed by atoms with Crippen molar-refractivity contribution in [2.75, 3.05) is 0 Å². The van der Waals surface area contributed by atoms with Gasteiger partial charge < -0.3 is 0 Å². The van der Waals surface area contributed by atoms with Crippen LogP contribution in [0.2, 0.25) is 0 Å². The third-order valence-corrected chi connectivity index (χ3v) is 1.02. The lowest BCUT2D eigenvalue weighted by Gasteiger charge is -2.27. The molecule has 0 aliphatic heterocycles. The van der Waals surface area contributed by atoms with Crippen LogP contribution in [0.15, 0.2) is 12.2 Å². The second-order valence-corrected chi connectivity index (χ2v) is 1.96. The predicted octanol–water partition coefficient (Wildman–Crippen LogP) is 1.97. The van der Waals surface area contributed by atoms with E-state index < -0.39 is 5.92 Å². The quantitative estimate of drug-likeness (QED) is 0.412. The Morgan fingerprint density at radius 1 is 1.43 bits per heavy atom. The van der Waals surface area contributed by atoms with Gasteiger partial charge in [-0.15, -0.1) is 0 Å². The summed E-state index contributed by atoms with van der Waals surface area (Å²) in [6, 6.07) is 0. The van der Waals surface area contributed by atoms with Crippen LogP contribution < -0.4 is 0 Å². The minimum absolute atomic E-state index is 0.0903. The smallest absolute Gasteiger partial charge is 0.206 e. The van der Waals surface area contributed by atoms with Crippen LogP contribution in [0.5, 0.6) is 0 Å². The largest absolute Gasteiger partial charge is 0.255 e. The zero-order chi connectivity index (χ0) is 5.49. The van der Waals surface area contributed by atoms with Crippen molar-refractivity contribution in [1.29, 1.82) is 0 Å². The van der Waals surface area contributed by atoms with Crippen LogP contribution in [0.25, 0.3) is 0 Å². The maximum atomic E-state index is 11.7. The van der Waals surface area contributed by atoms with Gasteiger partial charge in [0.2, 0.25) is 0 Å². The van der Waals surface area contributed by atoms with Gasteiger partial charge in [-0.2, -0.15) is 0 Å². The van der Waals surface area contributed by atoms with Crippen molar-refractivity contribution in [2.24, 2.45) is 0 Å². The summed E-state index contributed by atoms with van der Waals surface area (Å²) in [5.41, 5.74) is 0.671. The Hall–Kier alpha value is -0.400. The normalized spacial score (nSPS) is 26.9. The lowest BCUT2D eigenvalue weighted by atomic mass is 9.90. The highest BCUT2D eigenvalue weighted by Gasteiger charge is 2.39. The third-order valence-electron chi connectivity index (χ3n) is 1.02. The molecular formula is C5H6F2. The lowest BCUT2D eigenvalue weighted by molar-refractivity contribution is -0.0361. The molecule has 0 heterocycles. The molecule has 0 radical (unpaired) electrons. The molecule has 1 rings (SSSR count). The monoisotopic (exact) mass is 104 g/mol. The van der Waals surface area contributed by atoms with Crippen LogP contribution in [0.1, 0.15) is 12.8 Å². The zero-order valence-electron chi connectivity index (χ0n) is 3.88. The summed E-state index contributed by atoms with van der Waals surface area (Å²) >= 11 is 0. The first-order valence-electron chi connectivity index (χ1n) is 2.15. The second kappa shape index (κ2) is 1.05. The highest BCUT2D eigenvalue weighted by molar-refractivity contribution is 5.12. The molecule has 2 heteroatoms. The number of hydrogen-bond donors (Lipinski definition) is 0. The molecule has 0 amide bonds. The van der Waals surface area contributed by atoms with Gasteiger partial charge in [-0.25, -0.2) is 8.78 Å². The molecule has 40 valence electrons. The van der Waals surface area contributed by atoms with Crippen LogP contribution in [0.4, 0.5) is 8.78 Å². The van der Waals surface area contributed by atoms with E-state index in [4.69, 9.17) is 0 Å². The van der Waals surface area contributed by atoms with Crippen molar-refractivity contribution in [2.45, 2.75) is 18.8 Å². The number of rotatable bonds is 0. The summed E-state index contributed by atoms with van der Waals surface area (Å²) in [5, 5.41) is 0. The van der Waals surface area contributed by atoms with E-state index in [0.717, 1.165) is 0 Å². The van der Waals surface area contributed by atoms with E-state index in [-0.39, 0.29) is 12.8 Å². The molecule has 1 fully saturated rings. The average molecular weight is 104 g/mol. The van der Waals surface area contributed by atoms with Gasteiger partial charge in [-0.3, -0.25) is 0 Å². The van der Waals surface area contributed by atoms with E-state index in [1.54, 1.807) is 0 Å². The summed E-state index contributed by atoms with van der Waals surface area (Å²) in [6.07, 6.45) is -0.181. The fourth-order valence-electron chi connectivity index (χ4n) is 0.680. The fraction of sp³-hybridized carbons (Fsp3) is 0.600. The molecule has 0 nitrogen and oxygen atoms in total. The Morgan fingerprint density at radius 2 is 1.86 bits per heavy atom. The molecule has 7 heavy (non-hydrogen) atoms. The van der Waals surface area contributed by atoms with Crippen LogP contribution in [0, 0.1) is 0 Å². The number of alkyl halides is 2. The van der Waals surface area contributed by atoms with Crippen molar-refractivity contribution in [3.05, 3.63) is 12.2 Å². The highest BCUT2D eigenvalue weighted by atomic mass is 19.3. The van der Waals surface area contributed by atoms with Gasteiger partial charge in [-0.1, -0.05) is 12.2 Å². The summed E-state index contributed by atoms with van der Waals surface area (Å²) < 4.78 is 23.5. The Kier molecular flexibility index (Phi) is 0.716. The van der Waals surface area contributed by atoms with Gasteiger partial charge >= 0.3 is 0 Å². The van der Waals surface area contributed by atoms with Gasteiger partial charge in [0.05, 0.1) is 0 Å². The van der Waals surface area contributed by atoms with Gasteiger partial charge in [0.15, 0.2) is 0 Å². The number of allylic oxidation sites excluding steroid dienone is 1. The van der Waals surface area contributed by atoms with Crippen LogP contribution >= 0.6 is 0 Å². The van der Waals surface area contributed by atoms with E-state index in [0.29, 0.717) is 5.57 Å². The van der Waals surface area contributed by atoms with Crippen molar-refractivity contribution in [1.82, 2.24) is 0 Å². The first kappa shape index (κ1) is 4.75. The molecule has 0 saturated heterocycles. The summed E-state index contributed by atoms with van der Waals surface area (Å²) in [7, 11) is 0. The molecule has 0 spiro atoms. The average Bonchev–Trinajstić information content (AvgIpc) is 1.27. The second-order valence-electron chi connectivity index (χ2n) is 1.96. The van der Waals surface area contributed by atoms with Gasteiger partial charge in [0.1, 0.15) is 0 Å². The van der Waals surface area contributed by atoms with E-state index in [1.165, 1.54) is 0 Å². The van der Waals surface area contributed by atoms with Gasteiger partial charge in [0, 0.05) is 12.8 Å². The van der Waals surface area contributed by atoms with Crippen molar-refractivity contribution >= 4 is 0 Å². The van der Waals surface area contributed by atoms with Crippen molar-refractivity contribution in [3.63, 3.8) is 0 Å². The minimum Gasteiger partial charge on any atom is -0.206 e. The standard InChI is InChI=1S/C5H6F2/c1-4-2-5(6,7)3-4/h1-3H2. The van der Waals surface area contributed by atoms with Crippen LogP contribution in [0.3, 0.4) is 0 Å². The van der Waals surface area contributed by atoms with Gasteiger partial charge in [0.25, 0.3) is 5.92 Å². The van der Waals surface area contributed by atoms with E-state index in [2.05, 4.69) is 6.58 Å². The SMILES string of the molecule is C=C1CC(F)(F)C1. The molecule has 0 aromatic rings. The van der Waals surface area contributed by atoms with E-state index >= 15 is 0 Å². The molecule has 0 unspecified atom stereocenters. The Labute approximate surface area is 40.8 Å². The first-order chi connectivity index (χ1) is 3.10. The number of hydrogen-bond acceptors (Lipinski definition) is 0. The van der Waals surface area contributed by atoms with Crippen LogP contribution in [-0.4, -0.2) is 5.92 Å². The van der Waals surface area contributed by atoms with E-state index in [9.17, 15) is 8.78 Å². The Bertz CT molecular complexity index is 94.6. The molecule has 0 aromatic carbocycles. The molecule has 0 N–H and O–H groups in total. The molecular weight excluding hydrogens is 98.1 g/mol. The number of halogens is 2.